The number of amides is 1. The van der Waals surface area contributed by atoms with E-state index in [4.69, 9.17) is 33.4 Å². The Kier molecular flexibility index (Phi) is 28.0. The second-order valence-electron chi connectivity index (χ2n) is 13.6. The van der Waals surface area contributed by atoms with Crippen LogP contribution in [0.4, 0.5) is 0 Å². The number of nitrogens with two attached hydrogens (primary N) is 2. The van der Waals surface area contributed by atoms with Crippen molar-refractivity contribution in [3.8, 4) is 11.5 Å². The van der Waals surface area contributed by atoms with Crippen molar-refractivity contribution >= 4 is 36.7 Å². The third kappa shape index (κ3) is 19.1. The first-order chi connectivity index (χ1) is 21.1. The molecule has 0 radical (unpaired) electrons. The average molecular weight is 904 g/mol. The van der Waals surface area contributed by atoms with Gasteiger partial charge in [-0.25, -0.2) is 4.79 Å². The van der Waals surface area contributed by atoms with Crippen molar-refractivity contribution < 1.29 is 50.9 Å². The van der Waals surface area contributed by atoms with Gasteiger partial charge < -0.3 is 37.7 Å². The summed E-state index contributed by atoms with van der Waals surface area (Å²) in [6, 6.07) is 0. The second-order valence-corrected chi connectivity index (χ2v) is 16.9. The molecule has 0 saturated carbocycles. The summed E-state index contributed by atoms with van der Waals surface area (Å²) in [5.41, 5.74) is 3.60. The molecule has 10 nitrogen and oxygen atoms in total. The van der Waals surface area contributed by atoms with Crippen molar-refractivity contribution in [3.63, 3.8) is 0 Å². The first-order valence-corrected chi connectivity index (χ1v) is 22.1. The molecule has 1 aliphatic heterocycles. The Morgan fingerprint density at radius 2 is 1.42 bits per heavy atom. The van der Waals surface area contributed by atoms with Crippen molar-refractivity contribution in [1.29, 1.82) is 0 Å². The maximum Gasteiger partial charge on any atom is -0.693 e. The number of aliphatic carboxylic acids is 1. The Morgan fingerprint density at radius 1 is 0.896 bits per heavy atom. The number of ether oxygens (including phenoxy) is 2. The third-order valence-corrected chi connectivity index (χ3v) is 9.05. The van der Waals surface area contributed by atoms with Crippen LogP contribution in [0.25, 0.3) is 12.3 Å². The monoisotopic (exact) mass is 902 g/mol. The van der Waals surface area contributed by atoms with Gasteiger partial charge in [-0.1, -0.05) is 72.6 Å². The van der Waals surface area contributed by atoms with Gasteiger partial charge in [0.1, 0.15) is 23.6 Å². The molecule has 2 rings (SSSR count). The Morgan fingerprint density at radius 3 is 1.94 bits per heavy atom. The van der Waals surface area contributed by atoms with Crippen LogP contribution in [-0.2, 0) is 37.3 Å². The summed E-state index contributed by atoms with van der Waals surface area (Å²) in [7, 11) is 9.75. The SMILES string of the molecule is Cc1c(C)c2c(c(C)c1OC(=O)CNC(=O)CCC(=O)O)CC[C@@](C)(CCC[C@H](C)CCC[C@H](C)CCCC(C)C)O2.O.[Cl][Pt+2][Cl].[NH2-].[NH2-]. The fourth-order valence-electron chi connectivity index (χ4n) is 6.04. The van der Waals surface area contributed by atoms with E-state index < -0.39 is 34.3 Å². The molecule has 48 heavy (non-hydrogen) atoms. The number of hydrogen-bond acceptors (Lipinski definition) is 5. The fourth-order valence-corrected chi connectivity index (χ4v) is 6.04. The van der Waals surface area contributed by atoms with Gasteiger partial charge in [0.15, 0.2) is 0 Å². The second kappa shape index (κ2) is 26.4. The first-order valence-electron chi connectivity index (χ1n) is 16.5. The number of rotatable bonds is 18. The normalized spacial score (nSPS) is 16.0. The van der Waals surface area contributed by atoms with Gasteiger partial charge in [-0.2, -0.15) is 0 Å². The van der Waals surface area contributed by atoms with E-state index in [2.05, 4.69) is 39.9 Å². The Bertz CT molecular complexity index is 1110. The molecule has 1 aromatic rings. The van der Waals surface area contributed by atoms with Crippen molar-refractivity contribution in [2.45, 2.75) is 144 Å². The zero-order valence-corrected chi connectivity index (χ0v) is 34.1. The number of carbonyl (C=O) groups is 3. The van der Waals surface area contributed by atoms with Crippen LogP contribution in [0, 0.1) is 38.5 Å². The third-order valence-electron chi connectivity index (χ3n) is 9.05. The summed E-state index contributed by atoms with van der Waals surface area (Å²) in [6.45, 7) is 17.2. The number of carbonyl (C=O) groups excluding carboxylic acids is 2. The molecular formula is C35H63Cl2N3O7Pt. The predicted molar refractivity (Wildman–Crippen MR) is 194 cm³/mol. The van der Waals surface area contributed by atoms with Crippen molar-refractivity contribution in [2.75, 3.05) is 6.54 Å². The summed E-state index contributed by atoms with van der Waals surface area (Å²) in [5.74, 6) is 1.69. The molecule has 8 N–H and O–H groups in total. The summed E-state index contributed by atoms with van der Waals surface area (Å²) in [5, 5.41) is 11.1. The van der Waals surface area contributed by atoms with Gasteiger partial charge in [-0.05, 0) is 87.8 Å². The van der Waals surface area contributed by atoms with Crippen LogP contribution >= 0.6 is 18.8 Å². The summed E-state index contributed by atoms with van der Waals surface area (Å²) >= 11 is -0.472. The van der Waals surface area contributed by atoms with Crippen LogP contribution in [0.1, 0.15) is 134 Å². The van der Waals surface area contributed by atoms with E-state index in [1.54, 1.807) is 0 Å². The molecule has 0 fully saturated rings. The molecule has 0 aliphatic carbocycles. The van der Waals surface area contributed by atoms with Crippen LogP contribution in [0.5, 0.6) is 11.5 Å². The summed E-state index contributed by atoms with van der Waals surface area (Å²) < 4.78 is 12.4. The van der Waals surface area contributed by atoms with E-state index >= 15 is 0 Å². The van der Waals surface area contributed by atoms with Crippen LogP contribution in [0.15, 0.2) is 0 Å². The molecule has 0 unspecified atom stereocenters. The van der Waals surface area contributed by atoms with Gasteiger partial charge >= 0.3 is 47.3 Å². The quantitative estimate of drug-likeness (QED) is 0.108. The zero-order chi connectivity index (χ0) is 34.2. The molecule has 1 heterocycles. The van der Waals surface area contributed by atoms with Crippen LogP contribution in [0.3, 0.4) is 0 Å². The number of halogens is 2. The van der Waals surface area contributed by atoms with Gasteiger partial charge in [-0.15, -0.1) is 0 Å². The standard InChI is InChI=1S/C35H57NO6.2ClH.2H2N.H2O.Pt/c1-23(2)12-9-13-24(3)14-10-15-25(4)16-11-20-35(8)21-19-29-28(7)33(26(5)27(6)34(29)42-35)41-32(40)22-36-30(37)17-18-31(38)39;;;;;;/h23-25H,9-22H2,1-8H3,(H,36,37)(H,38,39);2*1H;3*1H2;/q;;;2*-1;;+4/p-2/t24-,25-,35-;;;;;;/m1....../s1. The number of carboxylic acid groups (broad SMARTS) is 1. The van der Waals surface area contributed by atoms with Gasteiger partial charge in [-0.3, -0.25) is 9.59 Å². The van der Waals surface area contributed by atoms with Crippen LogP contribution in [0.2, 0.25) is 0 Å². The van der Waals surface area contributed by atoms with Gasteiger partial charge in [0.05, 0.1) is 6.42 Å². The minimum Gasteiger partial charge on any atom is -0.693 e. The Balaban J connectivity index is -0.00000324. The number of esters is 1. The van der Waals surface area contributed by atoms with E-state index in [9.17, 15) is 14.4 Å². The fraction of sp³-hybridized carbons (Fsp3) is 0.743. The number of carboxylic acids is 1. The molecule has 0 spiro atoms. The van der Waals surface area contributed by atoms with Gasteiger partial charge in [0.25, 0.3) is 0 Å². The largest absolute Gasteiger partial charge is 0.693 e. The minimum absolute atomic E-state index is 0. The van der Waals surface area contributed by atoms with Crippen LogP contribution in [-0.4, -0.2) is 40.6 Å². The molecular weight excluding hydrogens is 840 g/mol. The molecule has 284 valence electrons. The molecule has 1 aromatic carbocycles. The van der Waals surface area contributed by atoms with Crippen LogP contribution < -0.4 is 14.8 Å². The Hall–Kier alpha value is -1.42. The molecule has 0 aromatic heterocycles. The molecule has 0 saturated heterocycles. The first kappa shape index (κ1) is 51.0. The smallest absolute Gasteiger partial charge is 0.693 e. The van der Waals surface area contributed by atoms with E-state index in [0.29, 0.717) is 5.75 Å². The average Bonchev–Trinajstić information content (AvgIpc) is 2.96. The Labute approximate surface area is 306 Å². The van der Waals surface area contributed by atoms with Gasteiger partial charge in [0.2, 0.25) is 5.91 Å². The summed E-state index contributed by atoms with van der Waals surface area (Å²) in [6.07, 6.45) is 12.8. The van der Waals surface area contributed by atoms with Gasteiger partial charge in [0, 0.05) is 12.0 Å². The maximum absolute atomic E-state index is 12.5. The minimum atomic E-state index is -1.06. The van der Waals surface area contributed by atoms with Crippen molar-refractivity contribution in [3.05, 3.63) is 34.6 Å². The van der Waals surface area contributed by atoms with Crippen molar-refractivity contribution in [2.24, 2.45) is 17.8 Å². The number of hydrogen-bond donors (Lipinski definition) is 2. The number of fused-ring (bicyclic) bond motifs is 1. The number of nitrogens with one attached hydrogen (secondary N) is 1. The predicted octanol–water partition coefficient (Wildman–Crippen LogP) is 10.0. The molecule has 13 heteroatoms. The van der Waals surface area contributed by atoms with E-state index in [1.807, 2.05) is 20.8 Å². The van der Waals surface area contributed by atoms with E-state index in [-0.39, 0.29) is 42.8 Å². The molecule has 1 amide bonds. The zero-order valence-electron chi connectivity index (χ0n) is 30.3. The molecule has 1 aliphatic rings. The van der Waals surface area contributed by atoms with Crippen molar-refractivity contribution in [1.82, 2.24) is 5.32 Å². The van der Waals surface area contributed by atoms with E-state index in [0.717, 1.165) is 71.4 Å². The molecule has 0 bridgehead atoms. The van der Waals surface area contributed by atoms with E-state index in [1.165, 1.54) is 44.9 Å². The number of benzene rings is 1. The maximum atomic E-state index is 12.5. The molecule has 3 atom stereocenters. The topological polar surface area (TPSA) is 200 Å². The summed E-state index contributed by atoms with van der Waals surface area (Å²) in [4.78, 5) is 34.9.